The number of benzene rings is 2. The van der Waals surface area contributed by atoms with Crippen LogP contribution >= 0.6 is 0 Å². The Morgan fingerprint density at radius 1 is 1.00 bits per heavy atom. The Labute approximate surface area is 175 Å². The molecule has 0 radical (unpaired) electrons. The van der Waals surface area contributed by atoms with Gasteiger partial charge in [-0.3, -0.25) is 14.6 Å². The molecule has 4 aromatic rings. The normalized spacial score (nSPS) is 13.0. The van der Waals surface area contributed by atoms with E-state index in [1.165, 1.54) is 12.1 Å². The third-order valence-electron chi connectivity index (χ3n) is 5.11. The van der Waals surface area contributed by atoms with Crippen LogP contribution in [-0.4, -0.2) is 42.8 Å². The van der Waals surface area contributed by atoms with Gasteiger partial charge in [0.25, 0.3) is 11.8 Å². The molecule has 9 nitrogen and oxygen atoms in total. The van der Waals surface area contributed by atoms with Gasteiger partial charge in [0, 0.05) is 11.6 Å². The van der Waals surface area contributed by atoms with E-state index in [0.717, 1.165) is 16.5 Å². The zero-order valence-corrected chi connectivity index (χ0v) is 16.3. The van der Waals surface area contributed by atoms with E-state index in [2.05, 4.69) is 15.3 Å². The summed E-state index contributed by atoms with van der Waals surface area (Å²) in [6.45, 7) is 2.05. The zero-order chi connectivity index (χ0) is 21.5. The van der Waals surface area contributed by atoms with E-state index in [0.29, 0.717) is 17.3 Å². The van der Waals surface area contributed by atoms with Crippen LogP contribution in [0.15, 0.2) is 60.8 Å². The Balaban J connectivity index is 1.35. The number of aromatic nitrogens is 4. The SMILES string of the molecule is Cc1c(C(=O)ON2C(=O)c3ccccc3C2=O)nnn1Cc1ccc2ncccc2c1. The third kappa shape index (κ3) is 3.12. The number of hydroxylamine groups is 2. The molecule has 0 atom stereocenters. The molecule has 0 bridgehead atoms. The summed E-state index contributed by atoms with van der Waals surface area (Å²) in [5.41, 5.74) is 2.59. The van der Waals surface area contributed by atoms with E-state index in [9.17, 15) is 14.4 Å². The number of hydrogen-bond donors (Lipinski definition) is 0. The minimum Gasteiger partial charge on any atom is -0.322 e. The summed E-state index contributed by atoms with van der Waals surface area (Å²) in [5.74, 6) is -2.31. The number of carbonyl (C=O) groups is 3. The summed E-state index contributed by atoms with van der Waals surface area (Å²) in [6.07, 6.45) is 1.73. The molecule has 2 aromatic heterocycles. The lowest BCUT2D eigenvalue weighted by molar-refractivity contribution is -0.0589. The average molecular weight is 413 g/mol. The molecule has 31 heavy (non-hydrogen) atoms. The van der Waals surface area contributed by atoms with Crippen molar-refractivity contribution in [2.24, 2.45) is 0 Å². The van der Waals surface area contributed by atoms with Crippen LogP contribution in [0.2, 0.25) is 0 Å². The van der Waals surface area contributed by atoms with Gasteiger partial charge in [-0.15, -0.1) is 5.10 Å². The van der Waals surface area contributed by atoms with E-state index in [1.807, 2.05) is 30.3 Å². The summed E-state index contributed by atoms with van der Waals surface area (Å²) in [7, 11) is 0. The predicted molar refractivity (Wildman–Crippen MR) is 108 cm³/mol. The number of imide groups is 1. The lowest BCUT2D eigenvalue weighted by Crippen LogP contribution is -2.33. The first-order valence-electron chi connectivity index (χ1n) is 9.47. The molecule has 3 heterocycles. The molecule has 0 saturated carbocycles. The highest BCUT2D eigenvalue weighted by molar-refractivity contribution is 6.21. The highest BCUT2D eigenvalue weighted by Crippen LogP contribution is 2.23. The Kier molecular flexibility index (Phi) is 4.28. The van der Waals surface area contributed by atoms with Gasteiger partial charge in [0.1, 0.15) is 0 Å². The first-order chi connectivity index (χ1) is 15.0. The molecule has 2 amide bonds. The largest absolute Gasteiger partial charge is 0.385 e. The highest BCUT2D eigenvalue weighted by atomic mass is 16.7. The average Bonchev–Trinajstić information content (AvgIpc) is 3.26. The molecular weight excluding hydrogens is 398 g/mol. The maximum absolute atomic E-state index is 12.6. The molecule has 0 aliphatic carbocycles. The van der Waals surface area contributed by atoms with Gasteiger partial charge in [0.15, 0.2) is 5.69 Å². The van der Waals surface area contributed by atoms with Crippen molar-refractivity contribution in [3.8, 4) is 0 Å². The number of rotatable bonds is 4. The quantitative estimate of drug-likeness (QED) is 0.473. The van der Waals surface area contributed by atoms with Crippen LogP contribution in [0.3, 0.4) is 0 Å². The van der Waals surface area contributed by atoms with Crippen molar-refractivity contribution in [3.05, 3.63) is 88.9 Å². The van der Waals surface area contributed by atoms with Gasteiger partial charge < -0.3 is 4.84 Å². The van der Waals surface area contributed by atoms with Crippen LogP contribution in [0.25, 0.3) is 10.9 Å². The zero-order valence-electron chi connectivity index (χ0n) is 16.3. The summed E-state index contributed by atoms with van der Waals surface area (Å²) < 4.78 is 1.55. The van der Waals surface area contributed by atoms with Crippen LogP contribution < -0.4 is 0 Å². The molecule has 9 heteroatoms. The Bertz CT molecular complexity index is 1340. The van der Waals surface area contributed by atoms with Gasteiger partial charge >= 0.3 is 5.97 Å². The molecule has 0 unspecified atom stereocenters. The standard InChI is InChI=1S/C22H15N5O4/c1-13-19(22(30)31-27-20(28)16-6-2-3-7-17(16)21(27)29)24-25-26(13)12-14-8-9-18-15(11-14)5-4-10-23-18/h2-11H,12H2,1H3. The van der Waals surface area contributed by atoms with Crippen LogP contribution in [0.5, 0.6) is 0 Å². The smallest absolute Gasteiger partial charge is 0.322 e. The van der Waals surface area contributed by atoms with Crippen molar-refractivity contribution < 1.29 is 19.2 Å². The minimum absolute atomic E-state index is 0.0704. The Morgan fingerprint density at radius 2 is 1.74 bits per heavy atom. The lowest BCUT2D eigenvalue weighted by atomic mass is 10.1. The second-order valence-electron chi connectivity index (χ2n) is 7.04. The van der Waals surface area contributed by atoms with Crippen molar-refractivity contribution in [2.75, 3.05) is 0 Å². The number of pyridine rings is 1. The van der Waals surface area contributed by atoms with Crippen molar-refractivity contribution in [3.63, 3.8) is 0 Å². The molecule has 0 N–H and O–H groups in total. The lowest BCUT2D eigenvalue weighted by Gasteiger charge is -2.11. The maximum atomic E-state index is 12.6. The second-order valence-corrected chi connectivity index (χ2v) is 7.04. The second kappa shape index (κ2) is 7.13. The number of carbonyl (C=O) groups excluding carboxylic acids is 3. The number of hydrogen-bond acceptors (Lipinski definition) is 7. The molecule has 0 saturated heterocycles. The van der Waals surface area contributed by atoms with Crippen LogP contribution in [0.1, 0.15) is 42.5 Å². The first-order valence-corrected chi connectivity index (χ1v) is 9.47. The van der Waals surface area contributed by atoms with Gasteiger partial charge in [-0.1, -0.05) is 34.5 Å². The van der Waals surface area contributed by atoms with Gasteiger partial charge in [0.2, 0.25) is 0 Å². The monoisotopic (exact) mass is 413 g/mol. The summed E-state index contributed by atoms with van der Waals surface area (Å²) in [4.78, 5) is 46.8. The molecular formula is C22H15N5O4. The van der Waals surface area contributed by atoms with E-state index in [1.54, 1.807) is 29.9 Å². The van der Waals surface area contributed by atoms with Crippen molar-refractivity contribution in [2.45, 2.75) is 13.5 Å². The van der Waals surface area contributed by atoms with Gasteiger partial charge in [0.05, 0.1) is 28.9 Å². The Morgan fingerprint density at radius 3 is 2.48 bits per heavy atom. The fraction of sp³-hybridized carbons (Fsp3) is 0.0909. The van der Waals surface area contributed by atoms with Crippen molar-refractivity contribution >= 4 is 28.7 Å². The van der Waals surface area contributed by atoms with E-state index in [-0.39, 0.29) is 16.8 Å². The summed E-state index contributed by atoms with van der Waals surface area (Å²) in [6, 6.07) is 15.9. The molecule has 2 aromatic carbocycles. The van der Waals surface area contributed by atoms with Crippen LogP contribution in [-0.2, 0) is 11.4 Å². The number of fused-ring (bicyclic) bond motifs is 2. The Hall–Kier alpha value is -4.40. The third-order valence-corrected chi connectivity index (χ3v) is 5.11. The van der Waals surface area contributed by atoms with Crippen molar-refractivity contribution in [1.82, 2.24) is 25.0 Å². The predicted octanol–water partition coefficient (Wildman–Crippen LogP) is 2.55. The topological polar surface area (TPSA) is 107 Å². The van der Waals surface area contributed by atoms with E-state index >= 15 is 0 Å². The summed E-state index contributed by atoms with van der Waals surface area (Å²) >= 11 is 0. The van der Waals surface area contributed by atoms with Gasteiger partial charge in [-0.25, -0.2) is 9.48 Å². The maximum Gasteiger partial charge on any atom is 0.385 e. The highest BCUT2D eigenvalue weighted by Gasteiger charge is 2.39. The van der Waals surface area contributed by atoms with E-state index in [4.69, 9.17) is 4.84 Å². The molecule has 1 aliphatic heterocycles. The minimum atomic E-state index is -0.930. The summed E-state index contributed by atoms with van der Waals surface area (Å²) in [5, 5.41) is 9.37. The molecule has 0 spiro atoms. The molecule has 1 aliphatic rings. The fourth-order valence-electron chi connectivity index (χ4n) is 3.47. The van der Waals surface area contributed by atoms with E-state index < -0.39 is 17.8 Å². The van der Waals surface area contributed by atoms with Gasteiger partial charge in [-0.2, -0.15) is 0 Å². The molecule has 152 valence electrons. The van der Waals surface area contributed by atoms with Gasteiger partial charge in [-0.05, 0) is 42.8 Å². The number of nitrogens with zero attached hydrogens (tertiary/aromatic N) is 5. The number of amides is 2. The molecule has 0 fully saturated rings. The van der Waals surface area contributed by atoms with Crippen LogP contribution in [0.4, 0.5) is 0 Å². The first kappa shape index (κ1) is 18.6. The van der Waals surface area contributed by atoms with Crippen molar-refractivity contribution in [1.29, 1.82) is 0 Å². The fourth-order valence-corrected chi connectivity index (χ4v) is 3.47. The molecule has 5 rings (SSSR count). The van der Waals surface area contributed by atoms with Crippen LogP contribution in [0, 0.1) is 6.92 Å².